The second kappa shape index (κ2) is 26.2. The van der Waals surface area contributed by atoms with Crippen LogP contribution in [0.5, 0.6) is 5.75 Å². The summed E-state index contributed by atoms with van der Waals surface area (Å²) >= 11 is 7.50. The number of H-pyrrole nitrogens is 1. The molecule has 17 heteroatoms. The Kier molecular flexibility index (Phi) is 23.6. The SMILES string of the molecule is C=CCC[C@@H](C)CC(CC)CC(=O)N1CCCC1C(=O)NC1CC1.CC.CC(C)(OC(N)=O)C(F)(F)F.COc1c[nH]c(=O)c2cccc(Cl)c12.O=CNSC1CC1. The number of nitrogens with one attached hydrogen (secondary N) is 3. The molecule has 3 fully saturated rings. The van der Waals surface area contributed by atoms with Gasteiger partial charge in [-0.15, -0.1) is 6.58 Å². The van der Waals surface area contributed by atoms with Crippen molar-refractivity contribution in [3.05, 3.63) is 52.4 Å². The first-order valence-corrected chi connectivity index (χ1v) is 21.1. The van der Waals surface area contributed by atoms with E-state index in [0.717, 1.165) is 83.4 Å². The van der Waals surface area contributed by atoms with Crippen LogP contribution in [-0.4, -0.2) is 77.0 Å². The van der Waals surface area contributed by atoms with E-state index >= 15 is 0 Å². The van der Waals surface area contributed by atoms with Gasteiger partial charge in [-0.1, -0.05) is 57.9 Å². The standard InChI is InChI=1S/C20H34N2O2.C10H8ClNO2.C5H8F3NO2.C4H7NOS.C2H6/c1-4-6-8-15(3)13-16(5-2)14-19(23)22-12-7-9-18(22)20(24)21-17-10-11-17;1-14-8-5-12-10(13)6-3-2-4-7(11)9(6)8;1-4(2,5(6,7)8)11-3(9)10;6-3-5-7-4-1-2-4;1-2/h4,15-18H,1,5-14H2,2-3H3,(H,21,24);2-5H,1H3,(H,12,13);1-2H3,(H2,9,10);3-4H,1-2H2,(H,5,6);1-2H3/t15-,16?,18?;;;;/m1..../s1. The number of primary amides is 1. The van der Waals surface area contributed by atoms with Crippen molar-refractivity contribution in [3.63, 3.8) is 0 Å². The predicted molar refractivity (Wildman–Crippen MR) is 226 cm³/mol. The van der Waals surface area contributed by atoms with Crippen LogP contribution >= 0.6 is 23.5 Å². The van der Waals surface area contributed by atoms with Gasteiger partial charge in [0.1, 0.15) is 11.8 Å². The summed E-state index contributed by atoms with van der Waals surface area (Å²) in [5, 5.41) is 5.50. The van der Waals surface area contributed by atoms with Gasteiger partial charge >= 0.3 is 12.3 Å². The van der Waals surface area contributed by atoms with Gasteiger partial charge in [0.25, 0.3) is 5.56 Å². The highest BCUT2D eigenvalue weighted by molar-refractivity contribution is 7.98. The van der Waals surface area contributed by atoms with Crippen LogP contribution in [0, 0.1) is 11.8 Å². The van der Waals surface area contributed by atoms with E-state index in [4.69, 9.17) is 16.3 Å². The average molecular weight is 862 g/mol. The normalized spacial score (nSPS) is 16.8. The molecule has 58 heavy (non-hydrogen) atoms. The summed E-state index contributed by atoms with van der Waals surface area (Å²) in [6, 6.07) is 5.31. The predicted octanol–water partition coefficient (Wildman–Crippen LogP) is 8.85. The number of carbonyl (C=O) groups excluding carboxylic acids is 4. The molecular weight excluding hydrogens is 799 g/mol. The first-order valence-electron chi connectivity index (χ1n) is 19.8. The first kappa shape index (κ1) is 52.1. The summed E-state index contributed by atoms with van der Waals surface area (Å²) in [6.07, 6.45) is 9.53. The van der Waals surface area contributed by atoms with Crippen LogP contribution in [0.3, 0.4) is 0 Å². The molecule has 3 aliphatic rings. The third kappa shape index (κ3) is 18.8. The zero-order chi connectivity index (χ0) is 44.1. The lowest BCUT2D eigenvalue weighted by atomic mass is 9.88. The summed E-state index contributed by atoms with van der Waals surface area (Å²) < 4.78 is 47.1. The van der Waals surface area contributed by atoms with Crippen molar-refractivity contribution in [2.24, 2.45) is 17.6 Å². The number of aromatic nitrogens is 1. The van der Waals surface area contributed by atoms with E-state index in [1.54, 1.807) is 18.2 Å². The second-order valence-corrected chi connectivity index (χ2v) is 16.1. The monoisotopic (exact) mass is 861 g/mol. The molecule has 2 saturated carbocycles. The molecule has 5 N–H and O–H groups in total. The number of hydrogen-bond donors (Lipinski definition) is 4. The number of hydrogen-bond acceptors (Lipinski definition) is 8. The number of methoxy groups -OCH3 is 1. The molecule has 2 aliphatic carbocycles. The van der Waals surface area contributed by atoms with Crippen LogP contribution in [0.1, 0.15) is 112 Å². The minimum Gasteiger partial charge on any atom is -0.495 e. The fourth-order valence-corrected chi connectivity index (χ4v) is 6.62. The molecule has 1 aliphatic heterocycles. The van der Waals surface area contributed by atoms with E-state index in [0.29, 0.717) is 45.8 Å². The Labute approximate surface area is 350 Å². The Morgan fingerprint density at radius 2 is 1.81 bits per heavy atom. The minimum atomic E-state index is -4.60. The van der Waals surface area contributed by atoms with E-state index in [1.165, 1.54) is 38.1 Å². The number of halogens is 4. The van der Waals surface area contributed by atoms with Crippen molar-refractivity contribution >= 4 is 58.6 Å². The fraction of sp³-hybridized carbons (Fsp3) is 0.634. The number of fused-ring (bicyclic) bond motifs is 1. The molecule has 3 atom stereocenters. The van der Waals surface area contributed by atoms with Crippen molar-refractivity contribution < 1.29 is 41.8 Å². The number of amides is 4. The van der Waals surface area contributed by atoms with Crippen molar-refractivity contribution in [2.75, 3.05) is 13.7 Å². The summed E-state index contributed by atoms with van der Waals surface area (Å²) in [4.78, 5) is 60.5. The Balaban J connectivity index is 0.000000419. The van der Waals surface area contributed by atoms with Crippen molar-refractivity contribution in [2.45, 2.75) is 141 Å². The Morgan fingerprint density at radius 3 is 2.31 bits per heavy atom. The third-order valence-corrected chi connectivity index (χ3v) is 10.7. The number of nitrogens with two attached hydrogens (primary N) is 1. The van der Waals surface area contributed by atoms with Gasteiger partial charge in [0.15, 0.2) is 0 Å². The van der Waals surface area contributed by atoms with Gasteiger partial charge in [-0.05, 0) is 108 Å². The maximum atomic E-state index is 12.8. The van der Waals surface area contributed by atoms with Crippen LogP contribution in [0.15, 0.2) is 41.8 Å². The fourth-order valence-electron chi connectivity index (χ4n) is 5.74. The summed E-state index contributed by atoms with van der Waals surface area (Å²) in [6.45, 7) is 14.4. The van der Waals surface area contributed by atoms with Crippen molar-refractivity contribution in [1.82, 2.24) is 19.9 Å². The largest absolute Gasteiger partial charge is 0.495 e. The van der Waals surface area contributed by atoms with Crippen LogP contribution in [0.4, 0.5) is 18.0 Å². The van der Waals surface area contributed by atoms with Gasteiger partial charge < -0.3 is 35.1 Å². The molecule has 0 bridgehead atoms. The molecule has 0 radical (unpaired) electrons. The van der Waals surface area contributed by atoms with Gasteiger partial charge in [0, 0.05) is 35.8 Å². The lowest BCUT2D eigenvalue weighted by Crippen LogP contribution is -2.46. The molecule has 1 aromatic heterocycles. The van der Waals surface area contributed by atoms with Crippen LogP contribution < -0.4 is 26.1 Å². The minimum absolute atomic E-state index is 0.0655. The number of rotatable bonds is 15. The van der Waals surface area contributed by atoms with E-state index in [9.17, 15) is 37.1 Å². The van der Waals surface area contributed by atoms with Crippen molar-refractivity contribution in [3.8, 4) is 5.75 Å². The second-order valence-electron chi connectivity index (χ2n) is 14.5. The topological polar surface area (TPSA) is 173 Å². The number of likely N-dealkylation sites (tertiary alicyclic amines) is 1. The lowest BCUT2D eigenvalue weighted by Gasteiger charge is -2.27. The molecule has 12 nitrogen and oxygen atoms in total. The maximum Gasteiger partial charge on any atom is 0.427 e. The lowest BCUT2D eigenvalue weighted by molar-refractivity contribution is -0.243. The Hall–Kier alpha value is -3.92. The van der Waals surface area contributed by atoms with Crippen molar-refractivity contribution in [1.29, 1.82) is 0 Å². The molecule has 2 heterocycles. The first-order chi connectivity index (χ1) is 27.4. The molecule has 0 spiro atoms. The van der Waals surface area contributed by atoms with Crippen LogP contribution in [-0.2, 0) is 19.1 Å². The highest BCUT2D eigenvalue weighted by Gasteiger charge is 2.50. The average Bonchev–Trinajstić information content (AvgIpc) is 4.12. The van der Waals surface area contributed by atoms with Gasteiger partial charge in [0.05, 0.1) is 17.5 Å². The number of allylic oxidation sites excluding steroid dienone is 1. The van der Waals surface area contributed by atoms with Gasteiger partial charge in [-0.25, -0.2) is 4.79 Å². The molecule has 1 saturated heterocycles. The summed E-state index contributed by atoms with van der Waals surface area (Å²) in [5.41, 5.74) is 1.74. The molecule has 1 aromatic carbocycles. The van der Waals surface area contributed by atoms with E-state index < -0.39 is 17.9 Å². The molecular formula is C41H63ClF3N5O7S. The number of benzene rings is 1. The zero-order valence-electron chi connectivity index (χ0n) is 34.8. The molecule has 2 unspecified atom stereocenters. The molecule has 4 amide bonds. The van der Waals surface area contributed by atoms with Gasteiger partial charge in [0.2, 0.25) is 23.8 Å². The Bertz CT molecular complexity index is 1650. The van der Waals surface area contributed by atoms with Crippen LogP contribution in [0.25, 0.3) is 10.8 Å². The van der Waals surface area contributed by atoms with Crippen LogP contribution in [0.2, 0.25) is 5.02 Å². The van der Waals surface area contributed by atoms with Gasteiger partial charge in [-0.2, -0.15) is 13.2 Å². The number of aromatic amines is 1. The van der Waals surface area contributed by atoms with Gasteiger partial charge in [-0.3, -0.25) is 19.2 Å². The highest BCUT2D eigenvalue weighted by Crippen LogP contribution is 2.33. The zero-order valence-corrected chi connectivity index (χ0v) is 36.4. The molecule has 5 rings (SSSR count). The molecule has 2 aromatic rings. The van der Waals surface area contributed by atoms with E-state index in [-0.39, 0.29) is 23.4 Å². The smallest absolute Gasteiger partial charge is 0.427 e. The number of pyridine rings is 1. The highest BCUT2D eigenvalue weighted by atomic mass is 35.5. The Morgan fingerprint density at radius 1 is 1.16 bits per heavy atom. The summed E-state index contributed by atoms with van der Waals surface area (Å²) in [7, 11) is 1.54. The molecule has 328 valence electrons. The number of ether oxygens (including phenoxy) is 2. The quantitative estimate of drug-likeness (QED) is 0.0781. The third-order valence-electron chi connectivity index (χ3n) is 9.34. The number of carbonyl (C=O) groups is 4. The maximum absolute atomic E-state index is 12.8. The van der Waals surface area contributed by atoms with E-state index in [1.807, 2.05) is 24.8 Å². The number of alkyl halides is 3. The summed E-state index contributed by atoms with van der Waals surface area (Å²) in [5.74, 6) is 1.85. The van der Waals surface area contributed by atoms with E-state index in [2.05, 4.69) is 45.9 Å². The number of nitrogens with zero attached hydrogens (tertiary/aromatic N) is 1.